The van der Waals surface area contributed by atoms with Crippen molar-refractivity contribution in [1.29, 1.82) is 0 Å². The molecule has 0 radical (unpaired) electrons. The average molecular weight is 342 g/mol. The van der Waals surface area contributed by atoms with E-state index < -0.39 is 24.8 Å². The van der Waals surface area contributed by atoms with Crippen LogP contribution in [0.1, 0.15) is 23.8 Å². The van der Waals surface area contributed by atoms with Gasteiger partial charge in [-0.3, -0.25) is 0 Å². The zero-order chi connectivity index (χ0) is 17.1. The van der Waals surface area contributed by atoms with Crippen LogP contribution in [0.2, 0.25) is 0 Å². The Bertz CT molecular complexity index is 662. The number of aliphatic hydroxyl groups is 1. The molecule has 0 spiro atoms. The topological polar surface area (TPSA) is 57.2 Å². The van der Waals surface area contributed by atoms with Gasteiger partial charge in [-0.2, -0.15) is 0 Å². The SMILES string of the molecule is OC1C[C@H](OCc2ccccc2)O[C@@H]2COC(c3ccccc3)O[C@@H]12. The summed E-state index contributed by atoms with van der Waals surface area (Å²) in [6, 6.07) is 19.6. The highest BCUT2D eigenvalue weighted by molar-refractivity contribution is 5.16. The molecule has 5 atom stereocenters. The first-order chi connectivity index (χ1) is 12.3. The number of ether oxygens (including phenoxy) is 4. The monoisotopic (exact) mass is 342 g/mol. The lowest BCUT2D eigenvalue weighted by Gasteiger charge is -2.44. The fourth-order valence-corrected chi connectivity index (χ4v) is 3.24. The third-order valence-corrected chi connectivity index (χ3v) is 4.55. The molecule has 4 rings (SSSR count). The molecule has 2 aliphatic heterocycles. The Hall–Kier alpha value is -1.76. The van der Waals surface area contributed by atoms with Crippen LogP contribution in [0.25, 0.3) is 0 Å². The summed E-state index contributed by atoms with van der Waals surface area (Å²) >= 11 is 0. The normalized spacial score (nSPS) is 32.1. The maximum Gasteiger partial charge on any atom is 0.184 e. The van der Waals surface area contributed by atoms with Gasteiger partial charge in [-0.1, -0.05) is 60.7 Å². The van der Waals surface area contributed by atoms with Crippen molar-refractivity contribution in [3.63, 3.8) is 0 Å². The molecule has 2 unspecified atom stereocenters. The van der Waals surface area contributed by atoms with Gasteiger partial charge in [0, 0.05) is 12.0 Å². The van der Waals surface area contributed by atoms with Gasteiger partial charge in [-0.25, -0.2) is 0 Å². The van der Waals surface area contributed by atoms with Gasteiger partial charge in [0.25, 0.3) is 0 Å². The Labute approximate surface area is 147 Å². The van der Waals surface area contributed by atoms with E-state index in [1.807, 2.05) is 60.7 Å². The number of rotatable bonds is 4. The molecule has 25 heavy (non-hydrogen) atoms. The van der Waals surface area contributed by atoms with Gasteiger partial charge in [-0.15, -0.1) is 0 Å². The van der Waals surface area contributed by atoms with E-state index in [1.165, 1.54) is 0 Å². The predicted octanol–water partition coefficient (Wildman–Crippen LogP) is 2.79. The molecule has 0 aliphatic carbocycles. The van der Waals surface area contributed by atoms with Crippen LogP contribution in [0.5, 0.6) is 0 Å². The van der Waals surface area contributed by atoms with Crippen LogP contribution in [0.4, 0.5) is 0 Å². The lowest BCUT2D eigenvalue weighted by atomic mass is 10.0. The molecule has 132 valence electrons. The molecule has 2 aliphatic rings. The Morgan fingerprint density at radius 2 is 1.68 bits per heavy atom. The lowest BCUT2D eigenvalue weighted by molar-refractivity contribution is -0.338. The van der Waals surface area contributed by atoms with E-state index in [0.717, 1.165) is 11.1 Å². The number of fused-ring (bicyclic) bond motifs is 1. The fourth-order valence-electron chi connectivity index (χ4n) is 3.24. The summed E-state index contributed by atoms with van der Waals surface area (Å²) in [5, 5.41) is 10.5. The molecular formula is C20H22O5. The van der Waals surface area contributed by atoms with Gasteiger partial charge < -0.3 is 24.1 Å². The first-order valence-electron chi connectivity index (χ1n) is 8.60. The maximum absolute atomic E-state index is 10.5. The zero-order valence-corrected chi connectivity index (χ0v) is 13.9. The molecule has 1 N–H and O–H groups in total. The molecule has 0 aromatic heterocycles. The standard InChI is InChI=1S/C20H22O5/c21-16-11-18(22-12-14-7-3-1-4-8-14)24-17-13-23-20(25-19(16)17)15-9-5-2-6-10-15/h1-10,16-21H,11-13H2/t16?,17-,18-,19+,20?/m1/s1. The minimum absolute atomic E-state index is 0.329. The molecule has 5 nitrogen and oxygen atoms in total. The Kier molecular flexibility index (Phi) is 5.10. The second-order valence-electron chi connectivity index (χ2n) is 6.38. The van der Waals surface area contributed by atoms with Gasteiger partial charge >= 0.3 is 0 Å². The number of hydrogen-bond donors (Lipinski definition) is 1. The largest absolute Gasteiger partial charge is 0.390 e. The number of hydrogen-bond acceptors (Lipinski definition) is 5. The molecule has 0 saturated carbocycles. The van der Waals surface area contributed by atoms with Gasteiger partial charge in [-0.05, 0) is 5.56 Å². The second kappa shape index (κ2) is 7.64. The van der Waals surface area contributed by atoms with E-state index in [9.17, 15) is 5.11 Å². The lowest BCUT2D eigenvalue weighted by Crippen LogP contribution is -2.55. The maximum atomic E-state index is 10.5. The summed E-state index contributed by atoms with van der Waals surface area (Å²) in [5.74, 6) is 0. The smallest absolute Gasteiger partial charge is 0.184 e. The van der Waals surface area contributed by atoms with E-state index in [4.69, 9.17) is 18.9 Å². The van der Waals surface area contributed by atoms with Crippen LogP contribution in [0.15, 0.2) is 60.7 Å². The predicted molar refractivity (Wildman–Crippen MR) is 90.5 cm³/mol. The molecule has 2 aromatic rings. The third-order valence-electron chi connectivity index (χ3n) is 4.55. The Morgan fingerprint density at radius 1 is 0.960 bits per heavy atom. The van der Waals surface area contributed by atoms with Crippen LogP contribution < -0.4 is 0 Å². The molecule has 2 heterocycles. The van der Waals surface area contributed by atoms with Crippen LogP contribution in [0.3, 0.4) is 0 Å². The Balaban J connectivity index is 1.35. The molecule has 5 heteroatoms. The summed E-state index contributed by atoms with van der Waals surface area (Å²) in [6.45, 7) is 0.816. The van der Waals surface area contributed by atoms with Gasteiger partial charge in [0.1, 0.15) is 12.2 Å². The van der Waals surface area contributed by atoms with E-state index >= 15 is 0 Å². The highest BCUT2D eigenvalue weighted by atomic mass is 16.7. The van der Waals surface area contributed by atoms with Crippen molar-refractivity contribution in [2.24, 2.45) is 0 Å². The summed E-state index contributed by atoms with van der Waals surface area (Å²) in [6.07, 6.45) is -1.93. The molecular weight excluding hydrogens is 320 g/mol. The average Bonchev–Trinajstić information content (AvgIpc) is 2.68. The second-order valence-corrected chi connectivity index (χ2v) is 6.38. The first-order valence-corrected chi connectivity index (χ1v) is 8.60. The third kappa shape index (κ3) is 3.92. The number of benzene rings is 2. The van der Waals surface area contributed by atoms with Crippen LogP contribution in [-0.2, 0) is 25.6 Å². The van der Waals surface area contributed by atoms with Crippen molar-refractivity contribution >= 4 is 0 Å². The summed E-state index contributed by atoms with van der Waals surface area (Å²) in [7, 11) is 0. The summed E-state index contributed by atoms with van der Waals surface area (Å²) in [5.41, 5.74) is 2.01. The Morgan fingerprint density at radius 3 is 2.44 bits per heavy atom. The number of aliphatic hydroxyl groups excluding tert-OH is 1. The minimum Gasteiger partial charge on any atom is -0.390 e. The van der Waals surface area contributed by atoms with E-state index in [1.54, 1.807) is 0 Å². The molecule has 2 aromatic carbocycles. The molecule has 2 saturated heterocycles. The quantitative estimate of drug-likeness (QED) is 0.926. The van der Waals surface area contributed by atoms with Crippen molar-refractivity contribution in [2.75, 3.05) is 6.61 Å². The van der Waals surface area contributed by atoms with Gasteiger partial charge in [0.05, 0.1) is 19.3 Å². The van der Waals surface area contributed by atoms with E-state index in [-0.39, 0.29) is 6.10 Å². The summed E-state index contributed by atoms with van der Waals surface area (Å²) in [4.78, 5) is 0. The fraction of sp³-hybridized carbons (Fsp3) is 0.400. The van der Waals surface area contributed by atoms with Crippen molar-refractivity contribution in [1.82, 2.24) is 0 Å². The molecule has 2 fully saturated rings. The highest BCUT2D eigenvalue weighted by Gasteiger charge is 2.44. The van der Waals surface area contributed by atoms with Crippen LogP contribution in [-0.4, -0.2) is 36.3 Å². The first kappa shape index (κ1) is 16.7. The van der Waals surface area contributed by atoms with Crippen molar-refractivity contribution in [3.05, 3.63) is 71.8 Å². The van der Waals surface area contributed by atoms with Crippen molar-refractivity contribution in [3.8, 4) is 0 Å². The van der Waals surface area contributed by atoms with Crippen molar-refractivity contribution in [2.45, 2.75) is 43.9 Å². The van der Waals surface area contributed by atoms with E-state index in [2.05, 4.69) is 0 Å². The van der Waals surface area contributed by atoms with Crippen LogP contribution in [0, 0.1) is 0 Å². The molecule has 0 amide bonds. The highest BCUT2D eigenvalue weighted by Crippen LogP contribution is 2.34. The van der Waals surface area contributed by atoms with Gasteiger partial charge in [0.15, 0.2) is 12.6 Å². The van der Waals surface area contributed by atoms with E-state index in [0.29, 0.717) is 19.6 Å². The minimum atomic E-state index is -0.644. The summed E-state index contributed by atoms with van der Waals surface area (Å²) < 4.78 is 23.5. The molecule has 0 bridgehead atoms. The zero-order valence-electron chi connectivity index (χ0n) is 13.9. The van der Waals surface area contributed by atoms with Crippen molar-refractivity contribution < 1.29 is 24.1 Å². The van der Waals surface area contributed by atoms with Gasteiger partial charge in [0.2, 0.25) is 0 Å². The van der Waals surface area contributed by atoms with Crippen LogP contribution >= 0.6 is 0 Å².